The molecule has 0 aromatic heterocycles. The predicted molar refractivity (Wildman–Crippen MR) is 251 cm³/mol. The number of nitrogens with zero attached hydrogens (tertiary/aromatic N) is 1. The minimum Gasteiger partial charge on any atom is -0.310 e. The van der Waals surface area contributed by atoms with E-state index < -0.39 is 5.41 Å². The fourth-order valence-electron chi connectivity index (χ4n) is 10.2. The standard InChI is InChI=1S/C59H43N/c1-41-42(37-39-49(46-35-33-44(34-36-46)43-19-5-2-6-20-43)50-26-12-11-25-48(50)45-21-7-3-8-22-45)38-40-52-51-27-13-14-28-53(51)59(58(41)52)54-29-15-17-31-56(54)60(47-23-9-4-10-24-47)57-32-18-16-30-55(57)59/h2-36,38-40H,37H2,1H3/b49-39+. The highest BCUT2D eigenvalue weighted by molar-refractivity contribution is 5.97. The van der Waals surface area contributed by atoms with Crippen molar-refractivity contribution in [3.8, 4) is 33.4 Å². The summed E-state index contributed by atoms with van der Waals surface area (Å²) in [6.07, 6.45) is 3.26. The molecule has 0 saturated heterocycles. The van der Waals surface area contributed by atoms with Crippen molar-refractivity contribution in [1.82, 2.24) is 0 Å². The molecule has 1 spiro atoms. The zero-order valence-electron chi connectivity index (χ0n) is 33.6. The van der Waals surface area contributed by atoms with Crippen molar-refractivity contribution in [2.45, 2.75) is 18.8 Å². The molecule has 1 aliphatic heterocycles. The molecule has 1 aliphatic carbocycles. The van der Waals surface area contributed by atoms with Crippen molar-refractivity contribution in [1.29, 1.82) is 0 Å². The summed E-state index contributed by atoms with van der Waals surface area (Å²) in [6, 6.07) is 82.4. The summed E-state index contributed by atoms with van der Waals surface area (Å²) < 4.78 is 0. The first-order valence-corrected chi connectivity index (χ1v) is 21.0. The lowest BCUT2D eigenvalue weighted by molar-refractivity contribution is 0.745. The SMILES string of the molecule is Cc1c(C/C=C(\c2ccc(-c3ccccc3)cc2)c2ccccc2-c2ccccc2)ccc2c1C1(c3ccccc3-2)c2ccccc2N(c2ccccc2)c2ccccc21. The Morgan fingerprint density at radius 3 is 1.62 bits per heavy atom. The molecule has 0 unspecified atom stereocenters. The molecule has 0 N–H and O–H groups in total. The van der Waals surface area contributed by atoms with Gasteiger partial charge < -0.3 is 4.90 Å². The summed E-state index contributed by atoms with van der Waals surface area (Å²) in [5.74, 6) is 0. The van der Waals surface area contributed by atoms with E-state index in [-0.39, 0.29) is 0 Å². The van der Waals surface area contributed by atoms with Crippen molar-refractivity contribution in [3.63, 3.8) is 0 Å². The van der Waals surface area contributed by atoms with Crippen LogP contribution in [0, 0.1) is 6.92 Å². The lowest BCUT2D eigenvalue weighted by atomic mass is 9.63. The first-order chi connectivity index (χ1) is 29.7. The molecule has 9 aromatic carbocycles. The van der Waals surface area contributed by atoms with E-state index >= 15 is 0 Å². The molecule has 0 bridgehead atoms. The van der Waals surface area contributed by atoms with Gasteiger partial charge in [-0.2, -0.15) is 0 Å². The highest BCUT2D eigenvalue weighted by atomic mass is 15.2. The van der Waals surface area contributed by atoms with Crippen LogP contribution in [0.2, 0.25) is 0 Å². The maximum atomic E-state index is 2.47. The van der Waals surface area contributed by atoms with Crippen molar-refractivity contribution in [2.75, 3.05) is 4.90 Å². The van der Waals surface area contributed by atoms with Crippen LogP contribution in [-0.2, 0) is 11.8 Å². The summed E-state index contributed by atoms with van der Waals surface area (Å²) >= 11 is 0. The zero-order valence-corrected chi connectivity index (χ0v) is 33.6. The minimum atomic E-state index is -0.496. The molecule has 0 atom stereocenters. The molecule has 60 heavy (non-hydrogen) atoms. The van der Waals surface area contributed by atoms with Crippen LogP contribution in [0.15, 0.2) is 231 Å². The topological polar surface area (TPSA) is 3.24 Å². The monoisotopic (exact) mass is 765 g/mol. The van der Waals surface area contributed by atoms with Gasteiger partial charge in [-0.15, -0.1) is 0 Å². The van der Waals surface area contributed by atoms with Crippen molar-refractivity contribution in [3.05, 3.63) is 275 Å². The molecule has 11 rings (SSSR count). The fraction of sp³-hybridized carbons (Fsp3) is 0.0508. The Kier molecular flexibility index (Phi) is 8.75. The average Bonchev–Trinajstić information content (AvgIpc) is 3.62. The summed E-state index contributed by atoms with van der Waals surface area (Å²) in [5.41, 5.74) is 22.3. The lowest BCUT2D eigenvalue weighted by Crippen LogP contribution is -2.36. The van der Waals surface area contributed by atoms with Gasteiger partial charge in [0.2, 0.25) is 0 Å². The summed E-state index contributed by atoms with van der Waals surface area (Å²) in [6.45, 7) is 2.37. The van der Waals surface area contributed by atoms with Gasteiger partial charge in [-0.3, -0.25) is 0 Å². The normalized spacial score (nSPS) is 13.3. The van der Waals surface area contributed by atoms with E-state index in [0.717, 1.165) is 12.1 Å². The number of para-hydroxylation sites is 3. The Morgan fingerprint density at radius 2 is 0.950 bits per heavy atom. The number of fused-ring (bicyclic) bond motifs is 9. The molecule has 2 aliphatic rings. The third-order valence-corrected chi connectivity index (χ3v) is 12.8. The number of hydrogen-bond acceptors (Lipinski definition) is 1. The second-order valence-electron chi connectivity index (χ2n) is 15.9. The van der Waals surface area contributed by atoms with Crippen LogP contribution < -0.4 is 4.90 Å². The Labute approximate surface area is 353 Å². The summed E-state index contributed by atoms with van der Waals surface area (Å²) in [4.78, 5) is 2.46. The Bertz CT molecular complexity index is 3000. The third-order valence-electron chi connectivity index (χ3n) is 12.8. The highest BCUT2D eigenvalue weighted by Crippen LogP contribution is 2.64. The van der Waals surface area contributed by atoms with E-state index in [1.807, 2.05) is 0 Å². The molecule has 1 nitrogen and oxygen atoms in total. The molecular formula is C59H43N. The maximum absolute atomic E-state index is 2.47. The molecule has 0 saturated carbocycles. The lowest BCUT2D eigenvalue weighted by Gasteiger charge is -2.45. The second kappa shape index (κ2) is 14.7. The van der Waals surface area contributed by atoms with Gasteiger partial charge in [-0.1, -0.05) is 206 Å². The highest BCUT2D eigenvalue weighted by Gasteiger charge is 2.52. The van der Waals surface area contributed by atoms with Gasteiger partial charge in [0, 0.05) is 5.69 Å². The number of allylic oxidation sites excluding steroid dienone is 1. The Hall–Kier alpha value is -7.48. The number of anilines is 3. The van der Waals surface area contributed by atoms with Gasteiger partial charge in [0.25, 0.3) is 0 Å². The number of benzene rings is 9. The fourth-order valence-corrected chi connectivity index (χ4v) is 10.2. The molecule has 284 valence electrons. The van der Waals surface area contributed by atoms with E-state index in [1.54, 1.807) is 0 Å². The van der Waals surface area contributed by atoms with E-state index in [2.05, 4.69) is 242 Å². The first kappa shape index (κ1) is 35.7. The van der Waals surface area contributed by atoms with Crippen LogP contribution in [-0.4, -0.2) is 0 Å². The van der Waals surface area contributed by atoms with E-state index in [1.165, 1.54) is 94.8 Å². The molecule has 0 amide bonds. The summed E-state index contributed by atoms with van der Waals surface area (Å²) in [7, 11) is 0. The number of rotatable bonds is 7. The quantitative estimate of drug-likeness (QED) is 0.156. The Balaban J connectivity index is 1.11. The van der Waals surface area contributed by atoms with Gasteiger partial charge in [-0.05, 0) is 121 Å². The van der Waals surface area contributed by atoms with Crippen LogP contribution in [0.4, 0.5) is 17.1 Å². The predicted octanol–water partition coefficient (Wildman–Crippen LogP) is 15.1. The molecule has 9 aromatic rings. The van der Waals surface area contributed by atoms with Crippen molar-refractivity contribution < 1.29 is 0 Å². The molecule has 1 heterocycles. The van der Waals surface area contributed by atoms with Gasteiger partial charge >= 0.3 is 0 Å². The molecule has 1 heteroatoms. The van der Waals surface area contributed by atoms with E-state index in [0.29, 0.717) is 0 Å². The Morgan fingerprint density at radius 1 is 0.433 bits per heavy atom. The number of hydrogen-bond donors (Lipinski definition) is 0. The van der Waals surface area contributed by atoms with Crippen LogP contribution in [0.1, 0.15) is 44.5 Å². The van der Waals surface area contributed by atoms with Gasteiger partial charge in [0.15, 0.2) is 0 Å². The largest absolute Gasteiger partial charge is 0.310 e. The smallest absolute Gasteiger partial charge is 0.0756 e. The van der Waals surface area contributed by atoms with Crippen LogP contribution in [0.3, 0.4) is 0 Å². The minimum absolute atomic E-state index is 0.496. The van der Waals surface area contributed by atoms with Gasteiger partial charge in [-0.25, -0.2) is 0 Å². The van der Waals surface area contributed by atoms with E-state index in [4.69, 9.17) is 0 Å². The second-order valence-corrected chi connectivity index (χ2v) is 15.9. The average molecular weight is 766 g/mol. The molecular weight excluding hydrogens is 723 g/mol. The van der Waals surface area contributed by atoms with E-state index in [9.17, 15) is 0 Å². The van der Waals surface area contributed by atoms with Crippen LogP contribution >= 0.6 is 0 Å². The van der Waals surface area contributed by atoms with Gasteiger partial charge in [0.05, 0.1) is 16.8 Å². The van der Waals surface area contributed by atoms with Gasteiger partial charge in [0.1, 0.15) is 0 Å². The van der Waals surface area contributed by atoms with Crippen LogP contribution in [0.25, 0.3) is 39.0 Å². The van der Waals surface area contributed by atoms with Crippen LogP contribution in [0.5, 0.6) is 0 Å². The maximum Gasteiger partial charge on any atom is 0.0756 e. The third kappa shape index (κ3) is 5.62. The van der Waals surface area contributed by atoms with Crippen molar-refractivity contribution >= 4 is 22.6 Å². The first-order valence-electron chi connectivity index (χ1n) is 21.0. The summed E-state index contributed by atoms with van der Waals surface area (Å²) in [5, 5.41) is 0. The molecule has 0 fully saturated rings. The zero-order chi connectivity index (χ0) is 40.0. The van der Waals surface area contributed by atoms with Crippen molar-refractivity contribution in [2.24, 2.45) is 0 Å². The molecule has 0 radical (unpaired) electrons.